The van der Waals surface area contributed by atoms with Crippen molar-refractivity contribution in [2.24, 2.45) is 7.05 Å². The van der Waals surface area contributed by atoms with Gasteiger partial charge in [-0.3, -0.25) is 0 Å². The molecule has 0 atom stereocenters. The first-order valence-corrected chi connectivity index (χ1v) is 5.29. The summed E-state index contributed by atoms with van der Waals surface area (Å²) in [4.78, 5) is 3.99. The summed E-state index contributed by atoms with van der Waals surface area (Å²) < 4.78 is 15.1. The molecule has 3 nitrogen and oxygen atoms in total. The molecule has 0 aliphatic heterocycles. The van der Waals surface area contributed by atoms with Crippen molar-refractivity contribution in [1.29, 1.82) is 0 Å². The number of hydrogen-bond donors (Lipinski definition) is 0. The van der Waals surface area contributed by atoms with E-state index in [1.54, 1.807) is 17.8 Å². The molecule has 0 bridgehead atoms. The normalized spacial score (nSPS) is 9.56. The van der Waals surface area contributed by atoms with Gasteiger partial charge in [0.15, 0.2) is 5.82 Å². The van der Waals surface area contributed by atoms with Crippen molar-refractivity contribution in [1.82, 2.24) is 14.8 Å². The van der Waals surface area contributed by atoms with Gasteiger partial charge in [0.05, 0.1) is 5.56 Å². The molecule has 0 aliphatic rings. The highest BCUT2D eigenvalue weighted by Crippen LogP contribution is 2.20. The molecule has 0 unspecified atom stereocenters. The van der Waals surface area contributed by atoms with E-state index in [0.717, 1.165) is 5.56 Å². The van der Waals surface area contributed by atoms with Gasteiger partial charge in [-0.15, -0.1) is 0 Å². The minimum absolute atomic E-state index is 0.263. The fraction of sp³-hybridized carbons (Fsp3) is 0.333. The summed E-state index contributed by atoms with van der Waals surface area (Å²) in [6, 6.07) is 5.06. The molecule has 1 heterocycles. The quantitative estimate of drug-likeness (QED) is 0.741. The topological polar surface area (TPSA) is 30.7 Å². The summed E-state index contributed by atoms with van der Waals surface area (Å²) in [6.07, 6.45) is 1.41. The summed E-state index contributed by atoms with van der Waals surface area (Å²) in [6.45, 7) is 5.85. The van der Waals surface area contributed by atoms with Crippen molar-refractivity contribution in [3.8, 4) is 11.4 Å². The van der Waals surface area contributed by atoms with E-state index in [1.165, 1.54) is 12.4 Å². The van der Waals surface area contributed by atoms with Crippen LogP contribution in [-0.4, -0.2) is 14.8 Å². The average Bonchev–Trinajstić information content (AvgIpc) is 2.68. The molecule has 16 heavy (non-hydrogen) atoms. The van der Waals surface area contributed by atoms with E-state index in [4.69, 9.17) is 0 Å². The highest BCUT2D eigenvalue weighted by Gasteiger charge is 2.09. The molecule has 2 aromatic rings. The Hall–Kier alpha value is -1.71. The fourth-order valence-electron chi connectivity index (χ4n) is 1.34. The fourth-order valence-corrected chi connectivity index (χ4v) is 1.34. The van der Waals surface area contributed by atoms with Crippen LogP contribution in [0.5, 0.6) is 0 Å². The SMILES string of the molecule is CC.Cc1ccc(-c2ncnn2C)c(F)c1. The zero-order valence-electron chi connectivity index (χ0n) is 10.0. The molecular formula is C12H16FN3. The van der Waals surface area contributed by atoms with Gasteiger partial charge in [0, 0.05) is 7.05 Å². The molecular weight excluding hydrogens is 205 g/mol. The number of aromatic nitrogens is 3. The Bertz CT molecular complexity index is 463. The van der Waals surface area contributed by atoms with Gasteiger partial charge in [0.1, 0.15) is 12.1 Å². The largest absolute Gasteiger partial charge is 0.249 e. The predicted molar refractivity (Wildman–Crippen MR) is 62.5 cm³/mol. The summed E-state index contributed by atoms with van der Waals surface area (Å²) >= 11 is 0. The Balaban J connectivity index is 0.000000606. The molecule has 0 amide bonds. The standard InChI is InChI=1S/C10H10FN3.C2H6/c1-7-3-4-8(9(11)5-7)10-12-6-13-14(10)2;1-2/h3-6H,1-2H3;1-2H3. The first kappa shape index (κ1) is 12.4. The Kier molecular flexibility index (Phi) is 4.17. The molecule has 4 heteroatoms. The minimum atomic E-state index is -0.263. The molecule has 0 radical (unpaired) electrons. The Morgan fingerprint density at radius 2 is 1.94 bits per heavy atom. The van der Waals surface area contributed by atoms with E-state index < -0.39 is 0 Å². The molecule has 2 rings (SSSR count). The summed E-state index contributed by atoms with van der Waals surface area (Å²) in [5.41, 5.74) is 1.38. The van der Waals surface area contributed by atoms with Crippen molar-refractivity contribution >= 4 is 0 Å². The summed E-state index contributed by atoms with van der Waals surface area (Å²) in [5, 5.41) is 3.90. The van der Waals surface area contributed by atoms with Gasteiger partial charge in [-0.25, -0.2) is 14.1 Å². The second-order valence-corrected chi connectivity index (χ2v) is 3.19. The van der Waals surface area contributed by atoms with Crippen LogP contribution in [0.3, 0.4) is 0 Å². The summed E-state index contributed by atoms with van der Waals surface area (Å²) in [5.74, 6) is 0.281. The van der Waals surface area contributed by atoms with Crippen LogP contribution in [0.4, 0.5) is 4.39 Å². The molecule has 1 aromatic carbocycles. The first-order valence-electron chi connectivity index (χ1n) is 5.29. The first-order chi connectivity index (χ1) is 7.68. The molecule has 0 saturated carbocycles. The van der Waals surface area contributed by atoms with Crippen LogP contribution >= 0.6 is 0 Å². The van der Waals surface area contributed by atoms with Crippen LogP contribution in [0.1, 0.15) is 19.4 Å². The van der Waals surface area contributed by atoms with E-state index in [2.05, 4.69) is 10.1 Å². The van der Waals surface area contributed by atoms with Crippen LogP contribution in [-0.2, 0) is 7.05 Å². The molecule has 0 aliphatic carbocycles. The van der Waals surface area contributed by atoms with Gasteiger partial charge in [-0.2, -0.15) is 5.10 Å². The van der Waals surface area contributed by atoms with Crippen LogP contribution in [0.25, 0.3) is 11.4 Å². The van der Waals surface area contributed by atoms with Gasteiger partial charge in [0.2, 0.25) is 0 Å². The second-order valence-electron chi connectivity index (χ2n) is 3.19. The maximum Gasteiger partial charge on any atom is 0.160 e. The lowest BCUT2D eigenvalue weighted by Gasteiger charge is -2.02. The zero-order valence-corrected chi connectivity index (χ0v) is 10.0. The van der Waals surface area contributed by atoms with Crippen molar-refractivity contribution in [3.63, 3.8) is 0 Å². The average molecular weight is 221 g/mol. The number of rotatable bonds is 1. The van der Waals surface area contributed by atoms with Crippen molar-refractivity contribution in [2.75, 3.05) is 0 Å². The third-order valence-electron chi connectivity index (χ3n) is 2.08. The van der Waals surface area contributed by atoms with E-state index in [0.29, 0.717) is 11.4 Å². The smallest absolute Gasteiger partial charge is 0.160 e. The van der Waals surface area contributed by atoms with E-state index in [9.17, 15) is 4.39 Å². The van der Waals surface area contributed by atoms with Gasteiger partial charge >= 0.3 is 0 Å². The van der Waals surface area contributed by atoms with E-state index in [1.807, 2.05) is 26.8 Å². The highest BCUT2D eigenvalue weighted by molar-refractivity contribution is 5.56. The third-order valence-corrected chi connectivity index (χ3v) is 2.08. The van der Waals surface area contributed by atoms with Crippen molar-refractivity contribution < 1.29 is 4.39 Å². The van der Waals surface area contributed by atoms with Crippen LogP contribution < -0.4 is 0 Å². The van der Waals surface area contributed by atoms with Crippen LogP contribution in [0.2, 0.25) is 0 Å². The lowest BCUT2D eigenvalue weighted by Crippen LogP contribution is -1.96. The molecule has 86 valence electrons. The second kappa shape index (κ2) is 5.39. The van der Waals surface area contributed by atoms with Gasteiger partial charge in [-0.1, -0.05) is 19.9 Å². The molecule has 1 aromatic heterocycles. The van der Waals surface area contributed by atoms with Gasteiger partial charge < -0.3 is 0 Å². The molecule has 0 saturated heterocycles. The van der Waals surface area contributed by atoms with E-state index >= 15 is 0 Å². The predicted octanol–water partition coefficient (Wildman–Crippen LogP) is 2.96. The number of aryl methyl sites for hydroxylation is 2. The molecule has 0 spiro atoms. The number of halogens is 1. The molecule has 0 N–H and O–H groups in total. The number of nitrogens with zero attached hydrogens (tertiary/aromatic N) is 3. The molecule has 0 fully saturated rings. The maximum atomic E-state index is 13.5. The van der Waals surface area contributed by atoms with E-state index in [-0.39, 0.29) is 5.82 Å². The lowest BCUT2D eigenvalue weighted by atomic mass is 10.1. The monoisotopic (exact) mass is 221 g/mol. The Morgan fingerprint density at radius 1 is 1.25 bits per heavy atom. The zero-order chi connectivity index (χ0) is 12.1. The van der Waals surface area contributed by atoms with Crippen molar-refractivity contribution in [2.45, 2.75) is 20.8 Å². The number of benzene rings is 1. The third kappa shape index (κ3) is 2.45. The van der Waals surface area contributed by atoms with Crippen LogP contribution in [0, 0.1) is 12.7 Å². The maximum absolute atomic E-state index is 13.5. The summed E-state index contributed by atoms with van der Waals surface area (Å²) in [7, 11) is 1.74. The Labute approximate surface area is 94.9 Å². The van der Waals surface area contributed by atoms with Crippen LogP contribution in [0.15, 0.2) is 24.5 Å². The van der Waals surface area contributed by atoms with Gasteiger partial charge in [0.25, 0.3) is 0 Å². The van der Waals surface area contributed by atoms with Crippen molar-refractivity contribution in [3.05, 3.63) is 35.9 Å². The Morgan fingerprint density at radius 3 is 2.44 bits per heavy atom. The minimum Gasteiger partial charge on any atom is -0.249 e. The lowest BCUT2D eigenvalue weighted by molar-refractivity contribution is 0.626. The highest BCUT2D eigenvalue weighted by atomic mass is 19.1. The van der Waals surface area contributed by atoms with Gasteiger partial charge in [-0.05, 0) is 24.6 Å². The number of hydrogen-bond acceptors (Lipinski definition) is 2.